The summed E-state index contributed by atoms with van der Waals surface area (Å²) in [5.41, 5.74) is 8.80. The molecule has 2 rings (SSSR count). The van der Waals surface area contributed by atoms with Crippen LogP contribution in [0.2, 0.25) is 0 Å². The van der Waals surface area contributed by atoms with Gasteiger partial charge in [0.25, 0.3) is 0 Å². The molecule has 0 saturated carbocycles. The molecule has 0 aliphatic heterocycles. The van der Waals surface area contributed by atoms with Gasteiger partial charge in [-0.1, -0.05) is 63.3 Å². The number of hydrogen-bond donors (Lipinski definition) is 2. The van der Waals surface area contributed by atoms with Crippen LogP contribution < -0.4 is 10.6 Å². The zero-order valence-electron chi connectivity index (χ0n) is 22.5. The Balaban J connectivity index is 2.42. The molecule has 198 valence electrons. The Morgan fingerprint density at radius 3 is 2.22 bits per heavy atom. The van der Waals surface area contributed by atoms with Crippen molar-refractivity contribution in [2.75, 3.05) is 37.7 Å². The molecule has 6 nitrogen and oxygen atoms in total. The Labute approximate surface area is 217 Å². The summed E-state index contributed by atoms with van der Waals surface area (Å²) in [4.78, 5) is 20.1. The molecule has 36 heavy (non-hydrogen) atoms. The summed E-state index contributed by atoms with van der Waals surface area (Å²) in [6.07, 6.45) is 8.23. The lowest BCUT2D eigenvalue weighted by Crippen LogP contribution is -2.22. The minimum absolute atomic E-state index is 0.186. The van der Waals surface area contributed by atoms with Crippen LogP contribution in [0.25, 0.3) is 0 Å². The zero-order valence-corrected chi connectivity index (χ0v) is 22.5. The molecule has 0 heterocycles. The molecule has 0 aromatic heterocycles. The van der Waals surface area contributed by atoms with E-state index < -0.39 is 0 Å². The van der Waals surface area contributed by atoms with Gasteiger partial charge in [-0.2, -0.15) is 0 Å². The molecule has 0 atom stereocenters. The Kier molecular flexibility index (Phi) is 13.7. The van der Waals surface area contributed by atoms with E-state index in [1.54, 1.807) is 6.07 Å². The number of hydrogen-bond acceptors (Lipinski definition) is 6. The number of esters is 1. The summed E-state index contributed by atoms with van der Waals surface area (Å²) >= 11 is 0. The molecule has 0 radical (unpaired) electrons. The second kappa shape index (κ2) is 16.7. The van der Waals surface area contributed by atoms with E-state index in [2.05, 4.69) is 25.7 Å². The number of benzene rings is 2. The molecular weight excluding hydrogens is 450 g/mol. The first-order valence-electron chi connectivity index (χ1n) is 13.7. The SMILES string of the molecule is CCCCCCOC(=O)c1ccccc1/C(=N/CCCCCCN)c1cccc(N(CC)CC)c1O. The fourth-order valence-corrected chi connectivity index (χ4v) is 4.30. The summed E-state index contributed by atoms with van der Waals surface area (Å²) in [6.45, 7) is 9.57. The van der Waals surface area contributed by atoms with Crippen molar-refractivity contribution in [3.05, 3.63) is 59.2 Å². The molecule has 3 N–H and O–H groups in total. The van der Waals surface area contributed by atoms with Crippen LogP contribution in [-0.2, 0) is 4.74 Å². The maximum Gasteiger partial charge on any atom is 0.338 e. The number of phenolic OH excluding ortho intramolecular Hbond substituents is 1. The smallest absolute Gasteiger partial charge is 0.338 e. The van der Waals surface area contributed by atoms with Crippen molar-refractivity contribution >= 4 is 17.4 Å². The number of carbonyl (C=O) groups is 1. The van der Waals surface area contributed by atoms with E-state index in [4.69, 9.17) is 15.5 Å². The first kappa shape index (κ1) is 29.4. The number of phenols is 1. The summed E-state index contributed by atoms with van der Waals surface area (Å²) in [6, 6.07) is 13.2. The van der Waals surface area contributed by atoms with Gasteiger partial charge in [0.2, 0.25) is 0 Å². The van der Waals surface area contributed by atoms with Crippen molar-refractivity contribution < 1.29 is 14.6 Å². The number of anilines is 1. The lowest BCUT2D eigenvalue weighted by atomic mass is 9.95. The van der Waals surface area contributed by atoms with E-state index in [9.17, 15) is 9.90 Å². The number of aromatic hydroxyl groups is 1. The van der Waals surface area contributed by atoms with Crippen LogP contribution in [0.1, 0.15) is 93.6 Å². The van der Waals surface area contributed by atoms with Gasteiger partial charge in [0.1, 0.15) is 5.75 Å². The molecule has 0 bridgehead atoms. The second-order valence-electron chi connectivity index (χ2n) is 9.02. The molecule has 0 aliphatic carbocycles. The molecule has 0 spiro atoms. The zero-order chi connectivity index (χ0) is 26.2. The molecule has 6 heteroatoms. The standard InChI is InChI=1S/C30H45N3O3/c1-4-7-8-15-23-36-30(35)25-18-12-11-17-24(25)28(32-22-14-10-9-13-21-31)26-19-16-20-27(29(26)34)33(5-2)6-3/h11-12,16-20,34H,4-10,13-15,21-23,31H2,1-3H3/b32-28-. The third-order valence-corrected chi connectivity index (χ3v) is 6.39. The molecular formula is C30H45N3O3. The lowest BCUT2D eigenvalue weighted by molar-refractivity contribution is 0.0497. The van der Waals surface area contributed by atoms with Crippen LogP contribution in [0.5, 0.6) is 5.75 Å². The normalized spacial score (nSPS) is 11.5. The first-order chi connectivity index (χ1) is 17.6. The molecule has 0 unspecified atom stereocenters. The van der Waals surface area contributed by atoms with Gasteiger partial charge in [-0.3, -0.25) is 4.99 Å². The minimum Gasteiger partial charge on any atom is -0.505 e. The summed E-state index contributed by atoms with van der Waals surface area (Å²) in [5, 5.41) is 11.3. The Bertz CT molecular complexity index is 954. The number of rotatable bonds is 17. The van der Waals surface area contributed by atoms with E-state index in [0.717, 1.165) is 70.1 Å². The summed E-state index contributed by atoms with van der Waals surface area (Å²) < 4.78 is 5.62. The second-order valence-corrected chi connectivity index (χ2v) is 9.02. The molecule has 2 aromatic rings. The van der Waals surface area contributed by atoms with Gasteiger partial charge in [0, 0.05) is 30.8 Å². The average molecular weight is 496 g/mol. The Hall–Kier alpha value is -2.86. The quantitative estimate of drug-likeness (QED) is 0.152. The largest absolute Gasteiger partial charge is 0.505 e. The first-order valence-corrected chi connectivity index (χ1v) is 13.7. The van der Waals surface area contributed by atoms with Crippen LogP contribution in [0.4, 0.5) is 5.69 Å². The van der Waals surface area contributed by atoms with Crippen molar-refractivity contribution in [1.82, 2.24) is 0 Å². The fourth-order valence-electron chi connectivity index (χ4n) is 4.30. The van der Waals surface area contributed by atoms with Crippen molar-refractivity contribution in [2.24, 2.45) is 10.7 Å². The molecule has 0 amide bonds. The number of para-hydroxylation sites is 1. The van der Waals surface area contributed by atoms with E-state index in [1.165, 1.54) is 0 Å². The number of carbonyl (C=O) groups excluding carboxylic acids is 1. The summed E-state index contributed by atoms with van der Waals surface area (Å²) in [7, 11) is 0. The van der Waals surface area contributed by atoms with Gasteiger partial charge in [-0.25, -0.2) is 4.79 Å². The highest BCUT2D eigenvalue weighted by molar-refractivity contribution is 6.19. The fraction of sp³-hybridized carbons (Fsp3) is 0.533. The summed E-state index contributed by atoms with van der Waals surface area (Å²) in [5.74, 6) is -0.164. The van der Waals surface area contributed by atoms with Crippen molar-refractivity contribution in [3.8, 4) is 5.75 Å². The van der Waals surface area contributed by atoms with E-state index in [0.29, 0.717) is 42.1 Å². The Morgan fingerprint density at radius 1 is 0.861 bits per heavy atom. The van der Waals surface area contributed by atoms with Gasteiger partial charge in [-0.15, -0.1) is 0 Å². The van der Waals surface area contributed by atoms with E-state index in [1.807, 2.05) is 36.4 Å². The van der Waals surface area contributed by atoms with Crippen molar-refractivity contribution in [3.63, 3.8) is 0 Å². The van der Waals surface area contributed by atoms with Crippen molar-refractivity contribution in [1.29, 1.82) is 0 Å². The van der Waals surface area contributed by atoms with E-state index in [-0.39, 0.29) is 11.7 Å². The number of ether oxygens (including phenoxy) is 1. The van der Waals surface area contributed by atoms with Gasteiger partial charge >= 0.3 is 5.97 Å². The predicted octanol–water partition coefficient (Wildman–Crippen LogP) is 6.33. The highest BCUT2D eigenvalue weighted by Crippen LogP contribution is 2.33. The number of nitrogens with two attached hydrogens (primary N) is 1. The van der Waals surface area contributed by atoms with Crippen molar-refractivity contribution in [2.45, 2.75) is 72.1 Å². The monoisotopic (exact) mass is 495 g/mol. The van der Waals surface area contributed by atoms with Gasteiger partial charge in [0.15, 0.2) is 0 Å². The number of nitrogens with zero attached hydrogens (tertiary/aromatic N) is 2. The predicted molar refractivity (Wildman–Crippen MR) is 151 cm³/mol. The number of aliphatic imine (C=N–C) groups is 1. The van der Waals surface area contributed by atoms with Crippen LogP contribution in [-0.4, -0.2) is 49.6 Å². The lowest BCUT2D eigenvalue weighted by Gasteiger charge is -2.24. The van der Waals surface area contributed by atoms with Gasteiger partial charge < -0.3 is 20.5 Å². The van der Waals surface area contributed by atoms with Crippen LogP contribution in [0.15, 0.2) is 47.5 Å². The molecule has 0 aliphatic rings. The topological polar surface area (TPSA) is 88.1 Å². The third-order valence-electron chi connectivity index (χ3n) is 6.39. The van der Waals surface area contributed by atoms with Crippen LogP contribution in [0, 0.1) is 0 Å². The molecule has 0 fully saturated rings. The van der Waals surface area contributed by atoms with Crippen LogP contribution in [0.3, 0.4) is 0 Å². The maximum atomic E-state index is 13.1. The third kappa shape index (κ3) is 8.66. The Morgan fingerprint density at radius 2 is 1.53 bits per heavy atom. The highest BCUT2D eigenvalue weighted by atomic mass is 16.5. The number of unbranched alkanes of at least 4 members (excludes halogenated alkanes) is 6. The average Bonchev–Trinajstić information content (AvgIpc) is 2.90. The minimum atomic E-state index is -0.350. The van der Waals surface area contributed by atoms with E-state index >= 15 is 0 Å². The molecule has 0 saturated heterocycles. The highest BCUT2D eigenvalue weighted by Gasteiger charge is 2.22. The molecule has 2 aromatic carbocycles. The van der Waals surface area contributed by atoms with Gasteiger partial charge in [-0.05, 0) is 57.9 Å². The van der Waals surface area contributed by atoms with Crippen LogP contribution >= 0.6 is 0 Å². The maximum absolute atomic E-state index is 13.1. The van der Waals surface area contributed by atoms with Gasteiger partial charge in [0.05, 0.1) is 23.6 Å².